The van der Waals surface area contributed by atoms with Gasteiger partial charge in [-0.3, -0.25) is 4.57 Å². The van der Waals surface area contributed by atoms with E-state index in [-0.39, 0.29) is 0 Å². The Balaban J connectivity index is 1.20. The first-order valence-electron chi connectivity index (χ1n) is 18.5. The zero-order chi connectivity index (χ0) is 36.0. The normalized spacial score (nSPS) is 12.0. The summed E-state index contributed by atoms with van der Waals surface area (Å²) in [6.07, 6.45) is 0. The van der Waals surface area contributed by atoms with E-state index in [1.807, 2.05) is 11.3 Å². The maximum absolute atomic E-state index is 5.74. The minimum Gasteiger partial charge on any atom is -0.292 e. The first-order valence-corrected chi connectivity index (χ1v) is 20.1. The number of aromatic nitrogens is 3. The minimum atomic E-state index is 0.836. The number of thiophene rings is 2. The molecule has 5 heteroatoms. The lowest BCUT2D eigenvalue weighted by Crippen LogP contribution is -2.03. The zero-order valence-corrected chi connectivity index (χ0v) is 31.0. The lowest BCUT2D eigenvalue weighted by atomic mass is 9.93. The third-order valence-electron chi connectivity index (χ3n) is 11.0. The van der Waals surface area contributed by atoms with E-state index in [0.717, 1.165) is 43.8 Å². The van der Waals surface area contributed by atoms with Crippen molar-refractivity contribution in [3.63, 3.8) is 0 Å². The van der Waals surface area contributed by atoms with Gasteiger partial charge in [0.25, 0.3) is 0 Å². The fraction of sp³-hybridized carbons (Fsp3) is 0. The van der Waals surface area contributed by atoms with Gasteiger partial charge in [-0.1, -0.05) is 133 Å². The summed E-state index contributed by atoms with van der Waals surface area (Å²) < 4.78 is 6.06. The van der Waals surface area contributed by atoms with Gasteiger partial charge in [0.15, 0.2) is 5.82 Å². The molecule has 8 aromatic carbocycles. The topological polar surface area (TPSA) is 30.7 Å². The largest absolute Gasteiger partial charge is 0.292 e. The molecule has 0 unspecified atom stereocenters. The Morgan fingerprint density at radius 3 is 1.82 bits per heavy atom. The van der Waals surface area contributed by atoms with Gasteiger partial charge in [0, 0.05) is 46.6 Å². The van der Waals surface area contributed by atoms with Crippen molar-refractivity contribution in [1.82, 2.24) is 14.5 Å². The van der Waals surface area contributed by atoms with Crippen LogP contribution in [-0.4, -0.2) is 14.5 Å². The van der Waals surface area contributed by atoms with Crippen LogP contribution in [0.1, 0.15) is 0 Å². The lowest BCUT2D eigenvalue weighted by molar-refractivity contribution is 1.09. The maximum atomic E-state index is 5.74. The average Bonchev–Trinajstić information content (AvgIpc) is 3.90. The van der Waals surface area contributed by atoms with Gasteiger partial charge < -0.3 is 0 Å². The fourth-order valence-corrected chi connectivity index (χ4v) is 10.6. The second-order valence-corrected chi connectivity index (χ2v) is 16.3. The molecule has 0 fully saturated rings. The van der Waals surface area contributed by atoms with E-state index in [1.54, 1.807) is 11.3 Å². The number of nitrogens with zero attached hydrogens (tertiary/aromatic N) is 3. The third kappa shape index (κ3) is 4.74. The molecule has 3 nitrogen and oxygen atoms in total. The van der Waals surface area contributed by atoms with Crippen LogP contribution in [0.3, 0.4) is 0 Å². The SMILES string of the molecule is c1ccc(-c2cc3sc4nc(-c5ccc6c(c5)sc5ccccc56)c(-n5c6ccccc6c6cc7ccccc7cc65)nc4c3cc2-c2ccccc2)cc1. The van der Waals surface area contributed by atoms with E-state index in [1.165, 1.54) is 68.7 Å². The second-order valence-electron chi connectivity index (χ2n) is 14.2. The zero-order valence-electron chi connectivity index (χ0n) is 29.4. The molecule has 12 rings (SSSR count). The van der Waals surface area contributed by atoms with E-state index in [9.17, 15) is 0 Å². The second kappa shape index (κ2) is 11.9. The molecule has 55 heavy (non-hydrogen) atoms. The van der Waals surface area contributed by atoms with Crippen molar-refractivity contribution in [2.45, 2.75) is 0 Å². The van der Waals surface area contributed by atoms with Crippen molar-refractivity contribution in [1.29, 1.82) is 0 Å². The van der Waals surface area contributed by atoms with Gasteiger partial charge in [-0.2, -0.15) is 0 Å². The van der Waals surface area contributed by atoms with Gasteiger partial charge in [-0.15, -0.1) is 22.7 Å². The van der Waals surface area contributed by atoms with E-state index in [4.69, 9.17) is 9.97 Å². The molecule has 0 radical (unpaired) electrons. The molecule has 0 saturated heterocycles. The average molecular weight is 736 g/mol. The molecule has 4 heterocycles. The summed E-state index contributed by atoms with van der Waals surface area (Å²) in [5, 5.41) is 8.50. The van der Waals surface area contributed by atoms with Gasteiger partial charge >= 0.3 is 0 Å². The Morgan fingerprint density at radius 2 is 1.02 bits per heavy atom. The van der Waals surface area contributed by atoms with Gasteiger partial charge in [0.1, 0.15) is 16.0 Å². The molecule has 0 N–H and O–H groups in total. The molecule has 0 bridgehead atoms. The molecule has 0 amide bonds. The summed E-state index contributed by atoms with van der Waals surface area (Å²) >= 11 is 3.56. The van der Waals surface area contributed by atoms with Crippen molar-refractivity contribution in [3.8, 4) is 39.3 Å². The van der Waals surface area contributed by atoms with E-state index in [2.05, 4.69) is 180 Å². The van der Waals surface area contributed by atoms with Gasteiger partial charge in [-0.05, 0) is 75.5 Å². The standard InChI is InChI=1S/C50H29N3S2/c1-3-13-30(14-4-1)38-28-41-46(29-39(38)31-15-5-2-6-16-31)55-50-48(41)51-49(47(52-50)34-23-24-37-36-20-10-12-22-44(36)54-45(37)27-34)53-42-21-11-9-19-35(42)40-25-32-17-7-8-18-33(32)26-43(40)53/h1-29H. The summed E-state index contributed by atoms with van der Waals surface area (Å²) in [4.78, 5) is 12.3. The molecule has 12 aromatic rings. The highest BCUT2D eigenvalue weighted by Crippen LogP contribution is 2.44. The third-order valence-corrected chi connectivity index (χ3v) is 13.2. The molecule has 0 aliphatic rings. The first kappa shape index (κ1) is 30.8. The molecule has 0 atom stereocenters. The molecule has 256 valence electrons. The Bertz CT molecular complexity index is 3480. The smallest absolute Gasteiger partial charge is 0.165 e. The Hall–Kier alpha value is -6.66. The molecule has 0 saturated carbocycles. The number of para-hydroxylation sites is 1. The van der Waals surface area contributed by atoms with Gasteiger partial charge in [0.2, 0.25) is 0 Å². The van der Waals surface area contributed by atoms with Crippen LogP contribution in [0.4, 0.5) is 0 Å². The predicted octanol–water partition coefficient (Wildman–Crippen LogP) is 14.5. The van der Waals surface area contributed by atoms with Crippen LogP contribution in [0.5, 0.6) is 0 Å². The molecule has 0 spiro atoms. The minimum absolute atomic E-state index is 0.836. The van der Waals surface area contributed by atoms with Crippen molar-refractivity contribution in [2.24, 2.45) is 0 Å². The van der Waals surface area contributed by atoms with Gasteiger partial charge in [-0.25, -0.2) is 9.97 Å². The number of fused-ring (bicyclic) bond motifs is 10. The quantitative estimate of drug-likeness (QED) is 0.180. The fourth-order valence-electron chi connectivity index (χ4n) is 8.43. The summed E-state index contributed by atoms with van der Waals surface area (Å²) in [7, 11) is 0. The van der Waals surface area contributed by atoms with E-state index >= 15 is 0 Å². The van der Waals surface area contributed by atoms with Crippen molar-refractivity contribution in [2.75, 3.05) is 0 Å². The van der Waals surface area contributed by atoms with Crippen LogP contribution in [0.15, 0.2) is 176 Å². The molecule has 4 aromatic heterocycles. The highest BCUT2D eigenvalue weighted by atomic mass is 32.1. The van der Waals surface area contributed by atoms with Crippen LogP contribution < -0.4 is 0 Å². The van der Waals surface area contributed by atoms with Crippen LogP contribution in [0.25, 0.3) is 113 Å². The monoisotopic (exact) mass is 735 g/mol. The van der Waals surface area contributed by atoms with E-state index in [0.29, 0.717) is 0 Å². The molecular weight excluding hydrogens is 707 g/mol. The van der Waals surface area contributed by atoms with Crippen LogP contribution in [0.2, 0.25) is 0 Å². The Kier molecular flexibility index (Phi) is 6.67. The molecular formula is C50H29N3S2. The summed E-state index contributed by atoms with van der Waals surface area (Å²) in [5.74, 6) is 0.836. The summed E-state index contributed by atoms with van der Waals surface area (Å²) in [6, 6.07) is 63.6. The van der Waals surface area contributed by atoms with Crippen molar-refractivity contribution in [3.05, 3.63) is 176 Å². The lowest BCUT2D eigenvalue weighted by Gasteiger charge is -2.14. The number of hydrogen-bond donors (Lipinski definition) is 0. The first-order chi connectivity index (χ1) is 27.2. The molecule has 0 aliphatic heterocycles. The number of benzene rings is 8. The highest BCUT2D eigenvalue weighted by molar-refractivity contribution is 7.26. The van der Waals surface area contributed by atoms with Crippen LogP contribution >= 0.6 is 22.7 Å². The van der Waals surface area contributed by atoms with Gasteiger partial charge in [0.05, 0.1) is 11.0 Å². The maximum Gasteiger partial charge on any atom is 0.165 e. The highest BCUT2D eigenvalue weighted by Gasteiger charge is 2.23. The summed E-state index contributed by atoms with van der Waals surface area (Å²) in [6.45, 7) is 0. The number of rotatable bonds is 4. The van der Waals surface area contributed by atoms with Crippen LogP contribution in [-0.2, 0) is 0 Å². The number of hydrogen-bond acceptors (Lipinski definition) is 4. The molecule has 0 aliphatic carbocycles. The van der Waals surface area contributed by atoms with Crippen molar-refractivity contribution < 1.29 is 0 Å². The predicted molar refractivity (Wildman–Crippen MR) is 236 cm³/mol. The van der Waals surface area contributed by atoms with E-state index < -0.39 is 0 Å². The van der Waals surface area contributed by atoms with Crippen LogP contribution in [0, 0.1) is 0 Å². The van der Waals surface area contributed by atoms with Crippen molar-refractivity contribution >= 4 is 95.9 Å². The summed E-state index contributed by atoms with van der Waals surface area (Å²) in [5.41, 5.74) is 9.85. The Morgan fingerprint density at radius 1 is 0.382 bits per heavy atom. The Labute approximate surface area is 324 Å².